The van der Waals surface area contributed by atoms with Gasteiger partial charge >= 0.3 is 0 Å². The summed E-state index contributed by atoms with van der Waals surface area (Å²) < 4.78 is 13.0. The number of aromatic nitrogens is 3. The summed E-state index contributed by atoms with van der Waals surface area (Å²) in [5, 5.41) is 7.56. The highest BCUT2D eigenvalue weighted by molar-refractivity contribution is 7.80. The molecule has 1 fully saturated rings. The molecule has 0 unspecified atom stereocenters. The summed E-state index contributed by atoms with van der Waals surface area (Å²) in [7, 11) is 1.64. The molecule has 1 aliphatic rings. The monoisotopic (exact) mass is 539 g/mol. The predicted octanol–water partition coefficient (Wildman–Crippen LogP) is 5.80. The lowest BCUT2D eigenvalue weighted by Gasteiger charge is -2.28. The van der Waals surface area contributed by atoms with Crippen LogP contribution in [0.15, 0.2) is 60.2 Å². The van der Waals surface area contributed by atoms with E-state index in [9.17, 15) is 0 Å². The number of halogens is 1. The Bertz CT molecular complexity index is 1360. The summed E-state index contributed by atoms with van der Waals surface area (Å²) in [5.41, 5.74) is 5.14. The molecule has 36 heavy (non-hydrogen) atoms. The third-order valence-electron chi connectivity index (χ3n) is 6.24. The molecule has 4 aromatic rings. The van der Waals surface area contributed by atoms with E-state index in [4.69, 9.17) is 33.3 Å². The second-order valence-electron chi connectivity index (χ2n) is 8.43. The van der Waals surface area contributed by atoms with Gasteiger partial charge in [-0.3, -0.25) is 9.55 Å². The number of benzene rings is 1. The first-order valence-electron chi connectivity index (χ1n) is 11.5. The molecule has 7 nitrogen and oxygen atoms in total. The van der Waals surface area contributed by atoms with Crippen LogP contribution in [0.25, 0.3) is 5.13 Å². The van der Waals surface area contributed by atoms with Crippen molar-refractivity contribution in [2.75, 3.05) is 25.2 Å². The number of hydrogen-bond acceptors (Lipinski definition) is 6. The first-order chi connectivity index (χ1) is 17.5. The molecule has 1 aliphatic heterocycles. The van der Waals surface area contributed by atoms with E-state index in [0.717, 1.165) is 33.5 Å². The van der Waals surface area contributed by atoms with E-state index < -0.39 is 0 Å². The molecule has 186 valence electrons. The molecule has 0 bridgehead atoms. The van der Waals surface area contributed by atoms with Crippen molar-refractivity contribution < 1.29 is 9.47 Å². The van der Waals surface area contributed by atoms with Crippen LogP contribution in [-0.4, -0.2) is 40.0 Å². The lowest BCUT2D eigenvalue weighted by molar-refractivity contribution is 0.146. The minimum Gasteiger partial charge on any atom is -0.490 e. The van der Waals surface area contributed by atoms with E-state index in [1.165, 1.54) is 0 Å². The Balaban J connectivity index is 1.59. The second-order valence-corrected chi connectivity index (χ2v) is 10.1. The van der Waals surface area contributed by atoms with Gasteiger partial charge in [0.15, 0.2) is 10.2 Å². The molecule has 0 spiro atoms. The van der Waals surface area contributed by atoms with Gasteiger partial charge in [-0.25, -0.2) is 4.98 Å². The molecule has 5 rings (SSSR count). The maximum Gasteiger partial charge on any atom is 0.193 e. The van der Waals surface area contributed by atoms with Crippen LogP contribution in [0.5, 0.6) is 5.75 Å². The summed E-state index contributed by atoms with van der Waals surface area (Å²) in [6.45, 7) is 5.13. The Hall–Kier alpha value is -2.98. The van der Waals surface area contributed by atoms with Crippen molar-refractivity contribution in [2.24, 2.45) is 0 Å². The van der Waals surface area contributed by atoms with Crippen LogP contribution >= 0.6 is 35.2 Å². The Morgan fingerprint density at radius 1 is 1.11 bits per heavy atom. The highest BCUT2D eigenvalue weighted by Gasteiger charge is 2.42. The highest BCUT2D eigenvalue weighted by Crippen LogP contribution is 2.45. The number of ether oxygens (including phenoxy) is 2. The van der Waals surface area contributed by atoms with Crippen LogP contribution in [0.4, 0.5) is 5.69 Å². The van der Waals surface area contributed by atoms with Crippen LogP contribution in [0.2, 0.25) is 5.02 Å². The van der Waals surface area contributed by atoms with Gasteiger partial charge < -0.3 is 19.7 Å². The Labute approximate surface area is 224 Å². The van der Waals surface area contributed by atoms with Gasteiger partial charge in [0.25, 0.3) is 0 Å². The first-order valence-corrected chi connectivity index (χ1v) is 13.2. The minimum atomic E-state index is -0.152. The third-order valence-corrected chi connectivity index (χ3v) is 7.60. The fourth-order valence-electron chi connectivity index (χ4n) is 4.65. The van der Waals surface area contributed by atoms with Gasteiger partial charge in [0.05, 0.1) is 29.4 Å². The van der Waals surface area contributed by atoms with Crippen LogP contribution in [0, 0.1) is 13.8 Å². The number of hydrogen-bond donors (Lipinski definition) is 1. The lowest BCUT2D eigenvalue weighted by Crippen LogP contribution is -2.29. The zero-order valence-electron chi connectivity index (χ0n) is 20.1. The normalized spacial score (nSPS) is 17.4. The number of pyridine rings is 1. The number of methoxy groups -OCH3 is 1. The first kappa shape index (κ1) is 24.7. The van der Waals surface area contributed by atoms with E-state index >= 15 is 0 Å². The number of thiazole rings is 1. The summed E-state index contributed by atoms with van der Waals surface area (Å²) in [5.74, 6) is 0.607. The molecule has 1 aromatic carbocycles. The SMILES string of the molecule is COCCOc1ccc(N2C(=S)N[C@H](c3ccccn3)[C@H]2c2cc(C)n(-c3nccs3)c2C)cc1Cl. The maximum atomic E-state index is 6.63. The van der Waals surface area contributed by atoms with Crippen molar-refractivity contribution in [3.05, 3.63) is 87.9 Å². The molecule has 4 heterocycles. The standard InChI is InChI=1S/C26H26ClN5O2S2/c1-16-14-19(17(2)31(16)26-29-10-13-36-26)24-23(21-6-4-5-9-28-21)30-25(35)32(24)18-7-8-22(20(27)15-18)34-12-11-33-3/h4-10,13-15,23-24H,11-12H2,1-3H3,(H,30,35)/t23-,24-/m1/s1. The zero-order valence-corrected chi connectivity index (χ0v) is 22.5. The second kappa shape index (κ2) is 10.6. The number of thiocarbonyl (C=S) groups is 1. The van der Waals surface area contributed by atoms with Crippen molar-refractivity contribution in [3.63, 3.8) is 0 Å². The van der Waals surface area contributed by atoms with Crippen molar-refractivity contribution in [1.82, 2.24) is 19.9 Å². The number of anilines is 1. The summed E-state index contributed by atoms with van der Waals surface area (Å²) >= 11 is 14.1. The smallest absolute Gasteiger partial charge is 0.193 e. The number of nitrogens with one attached hydrogen (secondary N) is 1. The summed E-state index contributed by atoms with van der Waals surface area (Å²) in [6.07, 6.45) is 3.63. The fourth-order valence-corrected chi connectivity index (χ4v) is 5.98. The summed E-state index contributed by atoms with van der Waals surface area (Å²) in [4.78, 5) is 11.3. The van der Waals surface area contributed by atoms with Crippen LogP contribution in [0.3, 0.4) is 0 Å². The van der Waals surface area contributed by atoms with Crippen LogP contribution in [-0.2, 0) is 4.74 Å². The van der Waals surface area contributed by atoms with E-state index in [2.05, 4.69) is 44.7 Å². The molecule has 0 amide bonds. The van der Waals surface area contributed by atoms with Gasteiger partial charge in [0, 0.05) is 42.0 Å². The molecular formula is C26H26ClN5O2S2. The van der Waals surface area contributed by atoms with Crippen molar-refractivity contribution in [1.29, 1.82) is 0 Å². The van der Waals surface area contributed by atoms with Gasteiger partial charge in [-0.15, -0.1) is 11.3 Å². The third kappa shape index (κ3) is 4.59. The van der Waals surface area contributed by atoms with Crippen molar-refractivity contribution in [3.8, 4) is 10.9 Å². The Morgan fingerprint density at radius 3 is 2.67 bits per heavy atom. The van der Waals surface area contributed by atoms with Gasteiger partial charge in [0.2, 0.25) is 0 Å². The maximum absolute atomic E-state index is 6.63. The molecule has 1 saturated heterocycles. The quantitative estimate of drug-likeness (QED) is 0.224. The van der Waals surface area contributed by atoms with Gasteiger partial charge in [0.1, 0.15) is 12.4 Å². The molecule has 0 radical (unpaired) electrons. The van der Waals surface area contributed by atoms with E-state index in [1.807, 2.05) is 54.2 Å². The molecule has 10 heteroatoms. The predicted molar refractivity (Wildman–Crippen MR) is 148 cm³/mol. The Kier molecular flexibility index (Phi) is 7.25. The average Bonchev–Trinajstić information content (AvgIpc) is 3.58. The number of aryl methyl sites for hydroxylation is 1. The van der Waals surface area contributed by atoms with Gasteiger partial charge in [-0.2, -0.15) is 0 Å². The van der Waals surface area contributed by atoms with Crippen molar-refractivity contribution >= 4 is 46.0 Å². The highest BCUT2D eigenvalue weighted by atomic mass is 35.5. The largest absolute Gasteiger partial charge is 0.490 e. The molecule has 1 N–H and O–H groups in total. The minimum absolute atomic E-state index is 0.149. The number of rotatable bonds is 8. The molecular weight excluding hydrogens is 514 g/mol. The van der Waals surface area contributed by atoms with Gasteiger partial charge in [-0.1, -0.05) is 17.7 Å². The fraction of sp³-hybridized carbons (Fsp3) is 0.269. The average molecular weight is 540 g/mol. The van der Waals surface area contributed by atoms with Gasteiger partial charge in [-0.05, 0) is 68.0 Å². The van der Waals surface area contributed by atoms with E-state index in [-0.39, 0.29) is 12.1 Å². The van der Waals surface area contributed by atoms with E-state index in [1.54, 1.807) is 18.4 Å². The van der Waals surface area contributed by atoms with Crippen molar-refractivity contribution in [2.45, 2.75) is 25.9 Å². The molecule has 3 aromatic heterocycles. The molecule has 0 saturated carbocycles. The van der Waals surface area contributed by atoms with Crippen LogP contribution < -0.4 is 15.0 Å². The lowest BCUT2D eigenvalue weighted by atomic mass is 9.96. The van der Waals surface area contributed by atoms with Crippen LogP contribution in [0.1, 0.15) is 34.7 Å². The molecule has 0 aliphatic carbocycles. The Morgan fingerprint density at radius 2 is 1.97 bits per heavy atom. The topological polar surface area (TPSA) is 64.4 Å². The number of nitrogens with zero attached hydrogens (tertiary/aromatic N) is 4. The summed E-state index contributed by atoms with van der Waals surface area (Å²) in [6, 6.07) is 13.6. The molecule has 2 atom stereocenters. The van der Waals surface area contributed by atoms with E-state index in [0.29, 0.717) is 29.1 Å². The zero-order chi connectivity index (χ0) is 25.2.